The molecule has 0 spiro atoms. The molecule has 104 valence electrons. The molecule has 0 heterocycles. The van der Waals surface area contributed by atoms with Crippen LogP contribution in [0.5, 0.6) is 11.5 Å². The number of nitrogen functional groups attached to an aromatic ring is 1. The Morgan fingerprint density at radius 2 is 1.80 bits per heavy atom. The largest absolute Gasteiger partial charge is 0.457 e. The maximum atomic E-state index is 7.48. The Labute approximate surface area is 119 Å². The predicted molar refractivity (Wildman–Crippen MR) is 82.8 cm³/mol. The third kappa shape index (κ3) is 3.18. The van der Waals surface area contributed by atoms with Crippen molar-refractivity contribution in [1.29, 1.82) is 5.41 Å². The van der Waals surface area contributed by atoms with E-state index in [-0.39, 0.29) is 5.84 Å². The summed E-state index contributed by atoms with van der Waals surface area (Å²) in [6.07, 6.45) is 0. The van der Waals surface area contributed by atoms with E-state index >= 15 is 0 Å². The molecule has 0 radical (unpaired) electrons. The van der Waals surface area contributed by atoms with Crippen molar-refractivity contribution in [2.24, 2.45) is 5.73 Å². The molecule has 0 unspecified atom stereocenters. The number of nitrogens with one attached hydrogen (secondary N) is 1. The van der Waals surface area contributed by atoms with E-state index in [1.54, 1.807) is 0 Å². The first-order valence-corrected chi connectivity index (χ1v) is 6.70. The lowest BCUT2D eigenvalue weighted by Gasteiger charge is -2.11. The molecule has 0 saturated carbocycles. The van der Waals surface area contributed by atoms with Gasteiger partial charge in [0.15, 0.2) is 0 Å². The molecule has 0 saturated heterocycles. The molecule has 3 N–H and O–H groups in total. The SMILES string of the molecule is Cc1cc(Oc2cccc(C(C)C)c2)ccc1C(=N)N. The lowest BCUT2D eigenvalue weighted by Crippen LogP contribution is -2.12. The summed E-state index contributed by atoms with van der Waals surface area (Å²) in [4.78, 5) is 0. The van der Waals surface area contributed by atoms with E-state index in [4.69, 9.17) is 15.9 Å². The van der Waals surface area contributed by atoms with Gasteiger partial charge in [0.1, 0.15) is 17.3 Å². The van der Waals surface area contributed by atoms with E-state index in [1.165, 1.54) is 5.56 Å². The predicted octanol–water partition coefficient (Wildman–Crippen LogP) is 4.19. The van der Waals surface area contributed by atoms with Gasteiger partial charge in [-0.3, -0.25) is 5.41 Å². The average Bonchev–Trinajstić information content (AvgIpc) is 2.38. The molecule has 2 rings (SSSR count). The molecule has 20 heavy (non-hydrogen) atoms. The number of rotatable bonds is 4. The van der Waals surface area contributed by atoms with Crippen molar-refractivity contribution in [3.05, 3.63) is 59.2 Å². The third-order valence-electron chi connectivity index (χ3n) is 3.25. The molecule has 0 amide bonds. The first-order valence-electron chi connectivity index (χ1n) is 6.70. The molecule has 2 aromatic carbocycles. The number of aryl methyl sites for hydroxylation is 1. The molecule has 0 fully saturated rings. The highest BCUT2D eigenvalue weighted by Gasteiger charge is 2.05. The van der Waals surface area contributed by atoms with Crippen LogP contribution in [-0.4, -0.2) is 5.84 Å². The van der Waals surface area contributed by atoms with Gasteiger partial charge in [-0.1, -0.05) is 26.0 Å². The smallest absolute Gasteiger partial charge is 0.127 e. The molecule has 0 aromatic heterocycles. The second-order valence-electron chi connectivity index (χ2n) is 5.22. The van der Waals surface area contributed by atoms with Gasteiger partial charge in [0, 0.05) is 5.56 Å². The Hall–Kier alpha value is -2.29. The molecule has 3 heteroatoms. The summed E-state index contributed by atoms with van der Waals surface area (Å²) in [7, 11) is 0. The zero-order valence-electron chi connectivity index (χ0n) is 12.1. The van der Waals surface area contributed by atoms with Gasteiger partial charge < -0.3 is 10.5 Å². The molecular formula is C17H20N2O. The molecule has 2 aromatic rings. The van der Waals surface area contributed by atoms with Crippen LogP contribution in [0, 0.1) is 12.3 Å². The number of benzene rings is 2. The van der Waals surface area contributed by atoms with E-state index < -0.39 is 0 Å². The van der Waals surface area contributed by atoms with Gasteiger partial charge >= 0.3 is 0 Å². The maximum Gasteiger partial charge on any atom is 0.127 e. The summed E-state index contributed by atoms with van der Waals surface area (Å²) in [5.74, 6) is 2.14. The number of nitrogens with two attached hydrogens (primary N) is 1. The van der Waals surface area contributed by atoms with Gasteiger partial charge in [0.2, 0.25) is 0 Å². The fourth-order valence-corrected chi connectivity index (χ4v) is 2.08. The molecule has 3 nitrogen and oxygen atoms in total. The first-order chi connectivity index (χ1) is 9.47. The Kier molecular flexibility index (Phi) is 4.08. The lowest BCUT2D eigenvalue weighted by atomic mass is 10.0. The Morgan fingerprint density at radius 1 is 1.10 bits per heavy atom. The van der Waals surface area contributed by atoms with Crippen LogP contribution >= 0.6 is 0 Å². The van der Waals surface area contributed by atoms with E-state index in [0.717, 1.165) is 22.6 Å². The van der Waals surface area contributed by atoms with Crippen LogP contribution in [0.2, 0.25) is 0 Å². The summed E-state index contributed by atoms with van der Waals surface area (Å²) in [5.41, 5.74) is 8.45. The minimum atomic E-state index is 0.0795. The number of hydrogen-bond donors (Lipinski definition) is 2. The maximum absolute atomic E-state index is 7.48. The van der Waals surface area contributed by atoms with Gasteiger partial charge in [-0.2, -0.15) is 0 Å². The Morgan fingerprint density at radius 3 is 2.40 bits per heavy atom. The quantitative estimate of drug-likeness (QED) is 0.645. The highest BCUT2D eigenvalue weighted by Crippen LogP contribution is 2.26. The lowest BCUT2D eigenvalue weighted by molar-refractivity contribution is 0.481. The topological polar surface area (TPSA) is 59.1 Å². The molecule has 0 aliphatic heterocycles. The minimum absolute atomic E-state index is 0.0795. The van der Waals surface area contributed by atoms with Gasteiger partial charge in [-0.05, 0) is 54.3 Å². The molecule has 0 atom stereocenters. The third-order valence-corrected chi connectivity index (χ3v) is 3.25. The fourth-order valence-electron chi connectivity index (χ4n) is 2.08. The van der Waals surface area contributed by atoms with Crippen LogP contribution in [0.1, 0.15) is 36.5 Å². The number of amidine groups is 1. The zero-order chi connectivity index (χ0) is 14.7. The van der Waals surface area contributed by atoms with E-state index in [2.05, 4.69) is 26.0 Å². The van der Waals surface area contributed by atoms with E-state index in [9.17, 15) is 0 Å². The standard InChI is InChI=1S/C17H20N2O/c1-11(2)13-5-4-6-14(10-13)20-15-7-8-16(17(18)19)12(3)9-15/h4-11H,1-3H3,(H3,18,19). The van der Waals surface area contributed by atoms with Crippen LogP contribution in [0.4, 0.5) is 0 Å². The zero-order valence-corrected chi connectivity index (χ0v) is 12.1. The van der Waals surface area contributed by atoms with Gasteiger partial charge in [-0.15, -0.1) is 0 Å². The molecule has 0 aliphatic rings. The van der Waals surface area contributed by atoms with Crippen molar-refractivity contribution in [3.63, 3.8) is 0 Å². The second kappa shape index (κ2) is 5.78. The van der Waals surface area contributed by atoms with Crippen molar-refractivity contribution in [2.75, 3.05) is 0 Å². The van der Waals surface area contributed by atoms with Crippen LogP contribution in [0.15, 0.2) is 42.5 Å². The highest BCUT2D eigenvalue weighted by atomic mass is 16.5. The molecular weight excluding hydrogens is 248 g/mol. The van der Waals surface area contributed by atoms with Crippen molar-refractivity contribution in [3.8, 4) is 11.5 Å². The summed E-state index contributed by atoms with van der Waals surface area (Å²) in [6.45, 7) is 6.24. The van der Waals surface area contributed by atoms with Crippen LogP contribution < -0.4 is 10.5 Å². The van der Waals surface area contributed by atoms with Crippen LogP contribution in [0.3, 0.4) is 0 Å². The van der Waals surface area contributed by atoms with Crippen molar-refractivity contribution < 1.29 is 4.74 Å². The van der Waals surface area contributed by atoms with Gasteiger partial charge in [0.25, 0.3) is 0 Å². The van der Waals surface area contributed by atoms with Crippen LogP contribution in [-0.2, 0) is 0 Å². The second-order valence-corrected chi connectivity index (χ2v) is 5.22. The number of ether oxygens (including phenoxy) is 1. The van der Waals surface area contributed by atoms with Crippen molar-refractivity contribution in [2.45, 2.75) is 26.7 Å². The van der Waals surface area contributed by atoms with Crippen molar-refractivity contribution >= 4 is 5.84 Å². The summed E-state index contributed by atoms with van der Waals surface area (Å²) in [5, 5.41) is 7.48. The normalized spacial score (nSPS) is 10.6. The molecule has 0 bridgehead atoms. The summed E-state index contributed by atoms with van der Waals surface area (Å²) < 4.78 is 5.87. The summed E-state index contributed by atoms with van der Waals surface area (Å²) in [6, 6.07) is 13.7. The Balaban J connectivity index is 2.24. The van der Waals surface area contributed by atoms with Gasteiger partial charge in [-0.25, -0.2) is 0 Å². The monoisotopic (exact) mass is 268 g/mol. The van der Waals surface area contributed by atoms with Gasteiger partial charge in [0.05, 0.1) is 0 Å². The van der Waals surface area contributed by atoms with Crippen LogP contribution in [0.25, 0.3) is 0 Å². The van der Waals surface area contributed by atoms with E-state index in [0.29, 0.717) is 5.92 Å². The van der Waals surface area contributed by atoms with E-state index in [1.807, 2.05) is 37.3 Å². The first kappa shape index (κ1) is 14.1. The average molecular weight is 268 g/mol. The fraction of sp³-hybridized carbons (Fsp3) is 0.235. The Bertz CT molecular complexity index is 633. The molecule has 0 aliphatic carbocycles. The minimum Gasteiger partial charge on any atom is -0.457 e. The summed E-state index contributed by atoms with van der Waals surface area (Å²) >= 11 is 0. The van der Waals surface area contributed by atoms with Crippen molar-refractivity contribution in [1.82, 2.24) is 0 Å². The highest BCUT2D eigenvalue weighted by molar-refractivity contribution is 5.96. The number of hydrogen-bond acceptors (Lipinski definition) is 2.